The maximum atomic E-state index is 12.8. The molecule has 1 unspecified atom stereocenters. The number of amides is 3. The molecule has 1 aliphatic rings. The third-order valence-corrected chi connectivity index (χ3v) is 6.48. The second-order valence-electron chi connectivity index (χ2n) is 7.07. The zero-order chi connectivity index (χ0) is 22.6. The number of rotatable bonds is 4. The molecule has 0 saturated carbocycles. The molecular weight excluding hydrogens is 473 g/mol. The summed E-state index contributed by atoms with van der Waals surface area (Å²) in [6.45, 7) is 1.48. The smallest absolute Gasteiger partial charge is 0.262 e. The van der Waals surface area contributed by atoms with E-state index >= 15 is 0 Å². The van der Waals surface area contributed by atoms with Gasteiger partial charge in [-0.05, 0) is 37.3 Å². The SMILES string of the molecule is CC(C(=O)Nc1nc2scc(-c3ccc(Cl)cc3Cl)n2n1)N1C(=O)c2ccccc2C1=O. The zero-order valence-corrected chi connectivity index (χ0v) is 18.7. The Morgan fingerprint density at radius 3 is 2.41 bits per heavy atom. The number of benzene rings is 2. The first-order valence-electron chi connectivity index (χ1n) is 9.42. The minimum atomic E-state index is -1.05. The summed E-state index contributed by atoms with van der Waals surface area (Å²) in [5.41, 5.74) is 1.96. The Labute approximate surface area is 195 Å². The number of thiazole rings is 1. The third kappa shape index (κ3) is 3.26. The summed E-state index contributed by atoms with van der Waals surface area (Å²) in [5, 5.41) is 9.75. The number of hydrogen-bond acceptors (Lipinski definition) is 6. The number of hydrogen-bond donors (Lipinski definition) is 1. The minimum absolute atomic E-state index is 0.0524. The van der Waals surface area contributed by atoms with Crippen molar-refractivity contribution in [2.75, 3.05) is 5.32 Å². The Morgan fingerprint density at radius 2 is 1.75 bits per heavy atom. The highest BCUT2D eigenvalue weighted by atomic mass is 35.5. The van der Waals surface area contributed by atoms with E-state index in [9.17, 15) is 14.4 Å². The van der Waals surface area contributed by atoms with Crippen molar-refractivity contribution in [1.82, 2.24) is 19.5 Å². The van der Waals surface area contributed by atoms with Gasteiger partial charge in [0.15, 0.2) is 0 Å². The molecule has 1 atom stereocenters. The summed E-state index contributed by atoms with van der Waals surface area (Å²) in [4.78, 5) is 43.9. The lowest BCUT2D eigenvalue weighted by atomic mass is 10.1. The number of carbonyl (C=O) groups is 3. The minimum Gasteiger partial charge on any atom is -0.291 e. The zero-order valence-electron chi connectivity index (χ0n) is 16.4. The molecule has 3 heterocycles. The number of nitrogens with zero attached hydrogens (tertiary/aromatic N) is 4. The van der Waals surface area contributed by atoms with E-state index in [1.165, 1.54) is 18.3 Å². The van der Waals surface area contributed by atoms with E-state index in [0.29, 0.717) is 26.3 Å². The second kappa shape index (κ2) is 7.70. The molecule has 1 N–H and O–H groups in total. The average Bonchev–Trinajstić information content (AvgIpc) is 3.40. The number of imide groups is 1. The molecule has 1 aliphatic heterocycles. The number of carbonyl (C=O) groups excluding carboxylic acids is 3. The van der Waals surface area contributed by atoms with Crippen LogP contribution in [0.5, 0.6) is 0 Å². The Balaban J connectivity index is 1.39. The Kier molecular flexibility index (Phi) is 4.96. The molecule has 2 aromatic heterocycles. The van der Waals surface area contributed by atoms with Gasteiger partial charge in [0.1, 0.15) is 6.04 Å². The number of fused-ring (bicyclic) bond motifs is 2. The van der Waals surface area contributed by atoms with Crippen LogP contribution < -0.4 is 5.32 Å². The fourth-order valence-corrected chi connectivity index (χ4v) is 4.84. The predicted octanol–water partition coefficient (Wildman–Crippen LogP) is 4.39. The van der Waals surface area contributed by atoms with E-state index in [0.717, 1.165) is 4.90 Å². The number of anilines is 1. The van der Waals surface area contributed by atoms with Crippen molar-refractivity contribution >= 4 is 63.2 Å². The van der Waals surface area contributed by atoms with Crippen LogP contribution in [0.25, 0.3) is 16.2 Å². The molecule has 0 spiro atoms. The van der Waals surface area contributed by atoms with E-state index in [1.54, 1.807) is 47.0 Å². The van der Waals surface area contributed by atoms with E-state index in [1.807, 2.05) is 5.38 Å². The van der Waals surface area contributed by atoms with Crippen molar-refractivity contribution in [3.63, 3.8) is 0 Å². The summed E-state index contributed by atoms with van der Waals surface area (Å²) in [7, 11) is 0. The molecule has 5 rings (SSSR count). The third-order valence-electron chi connectivity index (χ3n) is 5.12. The van der Waals surface area contributed by atoms with Gasteiger partial charge in [0, 0.05) is 16.0 Å². The average molecular weight is 486 g/mol. The van der Waals surface area contributed by atoms with Gasteiger partial charge in [-0.3, -0.25) is 24.6 Å². The summed E-state index contributed by atoms with van der Waals surface area (Å²) >= 11 is 13.6. The highest BCUT2D eigenvalue weighted by Crippen LogP contribution is 2.33. The van der Waals surface area contributed by atoms with E-state index in [4.69, 9.17) is 23.2 Å². The molecule has 2 aromatic carbocycles. The van der Waals surface area contributed by atoms with Gasteiger partial charge in [-0.1, -0.05) is 35.3 Å². The lowest BCUT2D eigenvalue weighted by molar-refractivity contribution is -0.119. The van der Waals surface area contributed by atoms with Crippen LogP contribution >= 0.6 is 34.5 Å². The largest absolute Gasteiger partial charge is 0.291 e. The Hall–Kier alpha value is -3.27. The van der Waals surface area contributed by atoms with Crippen LogP contribution in [0.15, 0.2) is 47.8 Å². The lowest BCUT2D eigenvalue weighted by Gasteiger charge is -2.20. The molecule has 3 amide bonds. The standard InChI is InChI=1S/C21H13Cl2N5O3S/c1-10(27-18(30)12-4-2-3-5-13(12)19(27)31)17(29)24-20-25-21-28(26-20)16(9-32-21)14-7-6-11(22)8-15(14)23/h2-10H,1H3,(H,24,26,29). The van der Waals surface area contributed by atoms with E-state index in [-0.39, 0.29) is 17.1 Å². The second-order valence-corrected chi connectivity index (χ2v) is 8.75. The van der Waals surface area contributed by atoms with Crippen molar-refractivity contribution in [3.05, 3.63) is 69.0 Å². The molecule has 0 fully saturated rings. The molecule has 4 aromatic rings. The summed E-state index contributed by atoms with van der Waals surface area (Å²) in [6.07, 6.45) is 0. The molecule has 11 heteroatoms. The topological polar surface area (TPSA) is 96.7 Å². The molecule has 0 bridgehead atoms. The quantitative estimate of drug-likeness (QED) is 0.432. The molecule has 0 radical (unpaired) electrons. The van der Waals surface area contributed by atoms with Gasteiger partial charge in [-0.2, -0.15) is 4.98 Å². The van der Waals surface area contributed by atoms with Gasteiger partial charge in [-0.25, -0.2) is 4.52 Å². The fraction of sp³-hybridized carbons (Fsp3) is 0.0952. The Morgan fingerprint density at radius 1 is 1.06 bits per heavy atom. The van der Waals surface area contributed by atoms with Crippen LogP contribution in [0.1, 0.15) is 27.6 Å². The van der Waals surface area contributed by atoms with Crippen molar-refractivity contribution < 1.29 is 14.4 Å². The summed E-state index contributed by atoms with van der Waals surface area (Å²) in [5.74, 6) is -1.54. The van der Waals surface area contributed by atoms with Crippen molar-refractivity contribution in [3.8, 4) is 11.3 Å². The van der Waals surface area contributed by atoms with Crippen LogP contribution in [-0.4, -0.2) is 43.3 Å². The van der Waals surface area contributed by atoms with Crippen molar-refractivity contribution in [1.29, 1.82) is 0 Å². The first kappa shape index (κ1) is 20.6. The van der Waals surface area contributed by atoms with Gasteiger partial charge < -0.3 is 0 Å². The predicted molar refractivity (Wildman–Crippen MR) is 121 cm³/mol. The lowest BCUT2D eigenvalue weighted by Crippen LogP contribution is -2.45. The van der Waals surface area contributed by atoms with Gasteiger partial charge in [-0.15, -0.1) is 16.4 Å². The Bertz CT molecular complexity index is 1400. The van der Waals surface area contributed by atoms with Crippen molar-refractivity contribution in [2.45, 2.75) is 13.0 Å². The molecular formula is C21H13Cl2N5O3S. The first-order chi connectivity index (χ1) is 15.3. The van der Waals surface area contributed by atoms with E-state index in [2.05, 4.69) is 15.4 Å². The van der Waals surface area contributed by atoms with Crippen LogP contribution in [0.2, 0.25) is 10.0 Å². The maximum absolute atomic E-state index is 12.8. The summed E-state index contributed by atoms with van der Waals surface area (Å²) < 4.78 is 1.56. The molecule has 0 saturated heterocycles. The molecule has 32 heavy (non-hydrogen) atoms. The van der Waals surface area contributed by atoms with Gasteiger partial charge in [0.05, 0.1) is 21.8 Å². The normalized spacial score (nSPS) is 14.2. The number of nitrogens with one attached hydrogen (secondary N) is 1. The van der Waals surface area contributed by atoms with E-state index < -0.39 is 23.8 Å². The van der Waals surface area contributed by atoms with Gasteiger partial charge in [0.2, 0.25) is 10.9 Å². The van der Waals surface area contributed by atoms with Crippen molar-refractivity contribution in [2.24, 2.45) is 0 Å². The monoisotopic (exact) mass is 485 g/mol. The summed E-state index contributed by atoms with van der Waals surface area (Å²) in [6, 6.07) is 10.5. The molecule has 0 aliphatic carbocycles. The highest BCUT2D eigenvalue weighted by molar-refractivity contribution is 7.15. The number of halogens is 2. The van der Waals surface area contributed by atoms with Crippen LogP contribution in [0, 0.1) is 0 Å². The number of aromatic nitrogens is 3. The van der Waals surface area contributed by atoms with Gasteiger partial charge >= 0.3 is 0 Å². The van der Waals surface area contributed by atoms with Crippen LogP contribution in [0.4, 0.5) is 5.95 Å². The highest BCUT2D eigenvalue weighted by Gasteiger charge is 2.40. The van der Waals surface area contributed by atoms with Crippen LogP contribution in [-0.2, 0) is 4.79 Å². The molecule has 160 valence electrons. The fourth-order valence-electron chi connectivity index (χ4n) is 3.51. The van der Waals surface area contributed by atoms with Crippen LogP contribution in [0.3, 0.4) is 0 Å². The molecule has 8 nitrogen and oxygen atoms in total. The maximum Gasteiger partial charge on any atom is 0.262 e. The first-order valence-corrected chi connectivity index (χ1v) is 11.1. The van der Waals surface area contributed by atoms with Gasteiger partial charge in [0.25, 0.3) is 17.8 Å².